The fraction of sp³-hybridized carbons (Fsp3) is 0.421. The molecule has 0 N–H and O–H groups in total. The first-order valence-corrected chi connectivity index (χ1v) is 8.80. The minimum atomic E-state index is -4.57. The van der Waals surface area contributed by atoms with E-state index >= 15 is 0 Å². The number of hydrogen-bond acceptors (Lipinski definition) is 6. The van der Waals surface area contributed by atoms with E-state index in [4.69, 9.17) is 4.74 Å². The van der Waals surface area contributed by atoms with Crippen LogP contribution < -0.4 is 9.64 Å². The monoisotopic (exact) mass is 395 g/mol. The van der Waals surface area contributed by atoms with E-state index < -0.39 is 11.9 Å². The third kappa shape index (κ3) is 4.52. The van der Waals surface area contributed by atoms with Crippen molar-refractivity contribution in [1.29, 1.82) is 0 Å². The smallest absolute Gasteiger partial charge is 0.433 e. The van der Waals surface area contributed by atoms with Crippen LogP contribution in [0.4, 0.5) is 19.0 Å². The van der Waals surface area contributed by atoms with Gasteiger partial charge in [-0.25, -0.2) is 9.97 Å². The van der Waals surface area contributed by atoms with Crippen LogP contribution in [0.25, 0.3) is 11.1 Å². The van der Waals surface area contributed by atoms with Crippen LogP contribution in [0, 0.1) is 5.92 Å². The second kappa shape index (κ2) is 8.04. The average molecular weight is 395 g/mol. The molecule has 0 spiro atoms. The summed E-state index contributed by atoms with van der Waals surface area (Å²) in [5.41, 5.74) is -0.0785. The van der Waals surface area contributed by atoms with Crippen molar-refractivity contribution in [3.63, 3.8) is 0 Å². The summed E-state index contributed by atoms with van der Waals surface area (Å²) in [5.74, 6) is 0.487. The van der Waals surface area contributed by atoms with E-state index in [0.29, 0.717) is 36.5 Å². The zero-order valence-electron chi connectivity index (χ0n) is 15.5. The molecule has 0 amide bonds. The molecular weight excluding hydrogens is 375 g/mol. The van der Waals surface area contributed by atoms with Gasteiger partial charge in [-0.05, 0) is 36.2 Å². The van der Waals surface area contributed by atoms with Crippen molar-refractivity contribution in [3.05, 3.63) is 36.2 Å². The molecule has 3 rings (SSSR count). The van der Waals surface area contributed by atoms with Crippen molar-refractivity contribution in [3.8, 4) is 17.0 Å². The predicted molar refractivity (Wildman–Crippen MR) is 96.0 cm³/mol. The second-order valence-electron chi connectivity index (χ2n) is 6.46. The molecule has 3 heterocycles. The van der Waals surface area contributed by atoms with E-state index in [9.17, 15) is 18.0 Å². The first kappa shape index (κ1) is 19.9. The number of nitrogens with zero attached hydrogens (tertiary/aromatic N) is 3. The van der Waals surface area contributed by atoms with Crippen molar-refractivity contribution in [2.45, 2.75) is 19.5 Å². The van der Waals surface area contributed by atoms with Crippen molar-refractivity contribution >= 4 is 11.8 Å². The summed E-state index contributed by atoms with van der Waals surface area (Å²) >= 11 is 0. The Balaban J connectivity index is 1.82. The molecule has 150 valence electrons. The van der Waals surface area contributed by atoms with Gasteiger partial charge < -0.3 is 14.4 Å². The maximum absolute atomic E-state index is 13.2. The molecule has 0 saturated carbocycles. The van der Waals surface area contributed by atoms with Gasteiger partial charge in [0.15, 0.2) is 0 Å². The van der Waals surface area contributed by atoms with E-state index in [1.165, 1.54) is 13.2 Å². The van der Waals surface area contributed by atoms with Crippen molar-refractivity contribution < 1.29 is 27.4 Å². The molecule has 2 aromatic heterocycles. The Morgan fingerprint density at radius 1 is 1.25 bits per heavy atom. The number of anilines is 1. The Hall–Kier alpha value is -2.84. The lowest BCUT2D eigenvalue weighted by atomic mass is 9.96. The minimum Gasteiger partial charge on any atom is -0.478 e. The number of hydrogen-bond donors (Lipinski definition) is 0. The van der Waals surface area contributed by atoms with Crippen LogP contribution in [-0.4, -0.2) is 42.7 Å². The number of pyridine rings is 2. The molecular formula is C19H20F3N3O3. The van der Waals surface area contributed by atoms with E-state index in [2.05, 4.69) is 14.7 Å². The number of alkyl halides is 3. The molecule has 0 aromatic carbocycles. The summed E-state index contributed by atoms with van der Waals surface area (Å²) in [6.45, 7) is 3.17. The number of aromatic nitrogens is 2. The van der Waals surface area contributed by atoms with Gasteiger partial charge in [-0.1, -0.05) is 0 Å². The minimum absolute atomic E-state index is 0.0761. The molecule has 0 atom stereocenters. The number of ether oxygens (including phenoxy) is 2. The Bertz CT molecular complexity index is 852. The maximum atomic E-state index is 13.2. The highest BCUT2D eigenvalue weighted by Crippen LogP contribution is 2.34. The quantitative estimate of drug-likeness (QED) is 0.697. The Morgan fingerprint density at radius 2 is 2.00 bits per heavy atom. The van der Waals surface area contributed by atoms with E-state index in [-0.39, 0.29) is 24.4 Å². The zero-order valence-corrected chi connectivity index (χ0v) is 15.5. The number of carbonyl (C=O) groups is 1. The molecule has 0 unspecified atom stereocenters. The van der Waals surface area contributed by atoms with Gasteiger partial charge in [-0.3, -0.25) is 4.79 Å². The van der Waals surface area contributed by atoms with Crippen molar-refractivity contribution in [2.75, 3.05) is 31.7 Å². The van der Waals surface area contributed by atoms with Gasteiger partial charge >= 0.3 is 12.1 Å². The van der Waals surface area contributed by atoms with Gasteiger partial charge in [-0.2, -0.15) is 13.2 Å². The van der Waals surface area contributed by atoms with E-state index in [1.807, 2.05) is 4.90 Å². The summed E-state index contributed by atoms with van der Waals surface area (Å²) in [5, 5.41) is 0. The SMILES string of the molecule is CCOc1cc(-c2ccnc(N3CC(CC(=O)OC)C3)c2)cc(C(F)(F)F)n1. The lowest BCUT2D eigenvalue weighted by Crippen LogP contribution is -2.48. The Labute approximate surface area is 160 Å². The van der Waals surface area contributed by atoms with Crippen LogP contribution in [0.3, 0.4) is 0 Å². The zero-order chi connectivity index (χ0) is 20.3. The lowest BCUT2D eigenvalue weighted by Gasteiger charge is -2.39. The van der Waals surface area contributed by atoms with Crippen LogP contribution in [0.15, 0.2) is 30.5 Å². The fourth-order valence-electron chi connectivity index (χ4n) is 3.01. The molecule has 9 heteroatoms. The largest absolute Gasteiger partial charge is 0.478 e. The predicted octanol–water partition coefficient (Wildman–Crippen LogP) is 3.56. The van der Waals surface area contributed by atoms with Crippen molar-refractivity contribution in [1.82, 2.24) is 9.97 Å². The first-order chi connectivity index (χ1) is 13.3. The molecule has 1 aliphatic rings. The maximum Gasteiger partial charge on any atom is 0.433 e. The Kier molecular flexibility index (Phi) is 5.71. The third-order valence-corrected chi connectivity index (χ3v) is 4.43. The fourth-order valence-corrected chi connectivity index (χ4v) is 3.01. The first-order valence-electron chi connectivity index (χ1n) is 8.80. The van der Waals surface area contributed by atoms with Crippen molar-refractivity contribution in [2.24, 2.45) is 5.92 Å². The number of esters is 1. The Morgan fingerprint density at radius 3 is 2.64 bits per heavy atom. The number of halogens is 3. The van der Waals surface area contributed by atoms with Gasteiger partial charge in [0.2, 0.25) is 5.88 Å². The molecule has 0 bridgehead atoms. The normalized spacial score (nSPS) is 14.5. The van der Waals surface area contributed by atoms with Crippen LogP contribution in [-0.2, 0) is 15.7 Å². The highest BCUT2D eigenvalue weighted by molar-refractivity contribution is 5.71. The van der Waals surface area contributed by atoms with Gasteiger partial charge in [-0.15, -0.1) is 0 Å². The molecule has 0 radical (unpaired) electrons. The summed E-state index contributed by atoms with van der Waals surface area (Å²) < 4.78 is 49.4. The van der Waals surface area contributed by atoms with E-state index in [1.54, 1.807) is 25.3 Å². The molecule has 0 aliphatic carbocycles. The van der Waals surface area contributed by atoms with Gasteiger partial charge in [0.05, 0.1) is 20.1 Å². The molecule has 6 nitrogen and oxygen atoms in total. The summed E-state index contributed by atoms with van der Waals surface area (Å²) in [6.07, 6.45) is -2.69. The van der Waals surface area contributed by atoms with Gasteiger partial charge in [0.25, 0.3) is 0 Å². The molecule has 2 aromatic rings. The summed E-state index contributed by atoms with van der Waals surface area (Å²) in [6, 6.07) is 5.84. The highest BCUT2D eigenvalue weighted by Gasteiger charge is 2.34. The molecule has 1 fully saturated rings. The third-order valence-electron chi connectivity index (χ3n) is 4.43. The summed E-state index contributed by atoms with van der Waals surface area (Å²) in [4.78, 5) is 21.1. The van der Waals surface area contributed by atoms with Gasteiger partial charge in [0.1, 0.15) is 11.5 Å². The number of carbonyl (C=O) groups excluding carboxylic acids is 1. The van der Waals surface area contributed by atoms with Crippen LogP contribution in [0.2, 0.25) is 0 Å². The van der Waals surface area contributed by atoms with Crippen LogP contribution in [0.1, 0.15) is 19.0 Å². The number of methoxy groups -OCH3 is 1. The highest BCUT2D eigenvalue weighted by atomic mass is 19.4. The topological polar surface area (TPSA) is 64.5 Å². The second-order valence-corrected chi connectivity index (χ2v) is 6.46. The summed E-state index contributed by atoms with van der Waals surface area (Å²) in [7, 11) is 1.35. The molecule has 1 aliphatic heterocycles. The van der Waals surface area contributed by atoms with Gasteiger partial charge in [0, 0.05) is 31.3 Å². The lowest BCUT2D eigenvalue weighted by molar-refractivity contribution is -0.142. The standard InChI is InChI=1S/C19H20F3N3O3/c1-3-28-17-9-14(7-15(24-17)19(20,21)22)13-4-5-23-16(8-13)25-10-12(11-25)6-18(26)27-2/h4-5,7-9,12H,3,6,10-11H2,1-2H3. The average Bonchev–Trinajstić information content (AvgIpc) is 2.63. The van der Waals surface area contributed by atoms with Crippen LogP contribution >= 0.6 is 0 Å². The number of rotatable bonds is 6. The molecule has 1 saturated heterocycles. The van der Waals surface area contributed by atoms with Crippen LogP contribution in [0.5, 0.6) is 5.88 Å². The molecule has 28 heavy (non-hydrogen) atoms. The van der Waals surface area contributed by atoms with E-state index in [0.717, 1.165) is 6.07 Å².